The van der Waals surface area contributed by atoms with Crippen LogP contribution in [0.2, 0.25) is 0 Å². The normalized spacial score (nSPS) is 12.8. The largest absolute Gasteiger partial charge is 0.384 e. The predicted molar refractivity (Wildman–Crippen MR) is 53.8 cm³/mol. The quantitative estimate of drug-likeness (QED) is 0.464. The van der Waals surface area contributed by atoms with E-state index in [1.54, 1.807) is 6.20 Å². The standard InChI is InChI=1S/C9H16N4/c1-2-8(13-11)5-7-3-4-12-9(10)6-7/h3-4,6,8,13H,2,5,11H2,1H3,(H2,10,12). The Morgan fingerprint density at radius 2 is 2.38 bits per heavy atom. The molecule has 1 unspecified atom stereocenters. The van der Waals surface area contributed by atoms with Crippen LogP contribution < -0.4 is 17.0 Å². The molecule has 72 valence electrons. The zero-order chi connectivity index (χ0) is 9.68. The summed E-state index contributed by atoms with van der Waals surface area (Å²) in [5.41, 5.74) is 9.48. The van der Waals surface area contributed by atoms with Gasteiger partial charge in [-0.05, 0) is 30.5 Å². The van der Waals surface area contributed by atoms with Gasteiger partial charge in [-0.2, -0.15) is 0 Å². The van der Waals surface area contributed by atoms with Crippen molar-refractivity contribution in [1.82, 2.24) is 10.4 Å². The fraction of sp³-hybridized carbons (Fsp3) is 0.444. The molecule has 0 saturated heterocycles. The van der Waals surface area contributed by atoms with Gasteiger partial charge in [0.2, 0.25) is 0 Å². The maximum atomic E-state index is 5.55. The van der Waals surface area contributed by atoms with Crippen LogP contribution in [-0.4, -0.2) is 11.0 Å². The van der Waals surface area contributed by atoms with Crippen molar-refractivity contribution < 1.29 is 0 Å². The third-order valence-corrected chi connectivity index (χ3v) is 2.06. The van der Waals surface area contributed by atoms with E-state index >= 15 is 0 Å². The third kappa shape index (κ3) is 3.01. The minimum absolute atomic E-state index is 0.307. The molecule has 4 heteroatoms. The van der Waals surface area contributed by atoms with Gasteiger partial charge >= 0.3 is 0 Å². The van der Waals surface area contributed by atoms with E-state index in [9.17, 15) is 0 Å². The number of nitrogen functional groups attached to an aromatic ring is 1. The van der Waals surface area contributed by atoms with Gasteiger partial charge in [0.25, 0.3) is 0 Å². The van der Waals surface area contributed by atoms with Gasteiger partial charge in [0.15, 0.2) is 0 Å². The van der Waals surface area contributed by atoms with E-state index in [4.69, 9.17) is 11.6 Å². The van der Waals surface area contributed by atoms with E-state index < -0.39 is 0 Å². The number of nitrogens with one attached hydrogen (secondary N) is 1. The van der Waals surface area contributed by atoms with Crippen molar-refractivity contribution in [2.75, 3.05) is 5.73 Å². The first kappa shape index (κ1) is 9.95. The smallest absolute Gasteiger partial charge is 0.123 e. The monoisotopic (exact) mass is 180 g/mol. The Bertz CT molecular complexity index is 258. The SMILES string of the molecule is CCC(Cc1ccnc(N)c1)NN. The van der Waals surface area contributed by atoms with Crippen LogP contribution in [0, 0.1) is 0 Å². The van der Waals surface area contributed by atoms with Crippen LogP contribution in [0.15, 0.2) is 18.3 Å². The van der Waals surface area contributed by atoms with Gasteiger partial charge in [0.05, 0.1) is 0 Å². The minimum Gasteiger partial charge on any atom is -0.384 e. The number of nitrogens with zero attached hydrogens (tertiary/aromatic N) is 1. The molecule has 1 aromatic heterocycles. The van der Waals surface area contributed by atoms with Gasteiger partial charge in [-0.25, -0.2) is 4.98 Å². The molecule has 0 fully saturated rings. The number of anilines is 1. The number of hydrazine groups is 1. The van der Waals surface area contributed by atoms with Gasteiger partial charge in [0.1, 0.15) is 5.82 Å². The summed E-state index contributed by atoms with van der Waals surface area (Å²) in [5, 5.41) is 0. The highest BCUT2D eigenvalue weighted by Gasteiger charge is 2.04. The molecular weight excluding hydrogens is 164 g/mol. The summed E-state index contributed by atoms with van der Waals surface area (Å²) in [4.78, 5) is 3.92. The number of aromatic nitrogens is 1. The van der Waals surface area contributed by atoms with Crippen LogP contribution in [0.5, 0.6) is 0 Å². The lowest BCUT2D eigenvalue weighted by Gasteiger charge is -2.12. The number of pyridine rings is 1. The second-order valence-corrected chi connectivity index (χ2v) is 3.06. The number of hydrogen-bond acceptors (Lipinski definition) is 4. The first-order valence-corrected chi connectivity index (χ1v) is 4.42. The fourth-order valence-corrected chi connectivity index (χ4v) is 1.23. The average molecular weight is 180 g/mol. The van der Waals surface area contributed by atoms with Gasteiger partial charge < -0.3 is 5.73 Å². The first-order chi connectivity index (χ1) is 6.26. The molecule has 1 rings (SSSR count). The van der Waals surface area contributed by atoms with E-state index in [0.717, 1.165) is 18.4 Å². The Morgan fingerprint density at radius 3 is 2.92 bits per heavy atom. The lowest BCUT2D eigenvalue weighted by atomic mass is 10.1. The van der Waals surface area contributed by atoms with Crippen molar-refractivity contribution in [3.8, 4) is 0 Å². The Hall–Kier alpha value is -1.13. The van der Waals surface area contributed by atoms with Crippen LogP contribution in [0.4, 0.5) is 5.82 Å². The molecule has 4 nitrogen and oxygen atoms in total. The van der Waals surface area contributed by atoms with E-state index in [1.165, 1.54) is 0 Å². The number of rotatable bonds is 4. The summed E-state index contributed by atoms with van der Waals surface area (Å²) >= 11 is 0. The van der Waals surface area contributed by atoms with E-state index in [-0.39, 0.29) is 0 Å². The van der Waals surface area contributed by atoms with Gasteiger partial charge in [-0.3, -0.25) is 11.3 Å². The van der Waals surface area contributed by atoms with Crippen LogP contribution in [0.25, 0.3) is 0 Å². The number of nitrogens with two attached hydrogens (primary N) is 2. The summed E-state index contributed by atoms with van der Waals surface area (Å²) in [6.07, 6.45) is 3.60. The summed E-state index contributed by atoms with van der Waals surface area (Å²) in [7, 11) is 0. The Morgan fingerprint density at radius 1 is 1.62 bits per heavy atom. The second kappa shape index (κ2) is 4.79. The highest BCUT2D eigenvalue weighted by Crippen LogP contribution is 2.07. The van der Waals surface area contributed by atoms with Gasteiger partial charge in [0, 0.05) is 12.2 Å². The maximum Gasteiger partial charge on any atom is 0.123 e. The Kier molecular flexibility index (Phi) is 3.67. The van der Waals surface area contributed by atoms with Crippen LogP contribution in [-0.2, 0) is 6.42 Å². The molecule has 13 heavy (non-hydrogen) atoms. The zero-order valence-electron chi connectivity index (χ0n) is 7.83. The lowest BCUT2D eigenvalue weighted by molar-refractivity contribution is 0.511. The lowest BCUT2D eigenvalue weighted by Crippen LogP contribution is -2.36. The van der Waals surface area contributed by atoms with Crippen molar-refractivity contribution >= 4 is 5.82 Å². The van der Waals surface area contributed by atoms with Crippen molar-refractivity contribution in [3.63, 3.8) is 0 Å². The molecule has 0 aliphatic rings. The molecule has 0 aromatic carbocycles. The molecule has 0 aliphatic heterocycles. The van der Waals surface area contributed by atoms with Crippen molar-refractivity contribution in [2.45, 2.75) is 25.8 Å². The molecule has 0 radical (unpaired) electrons. The first-order valence-electron chi connectivity index (χ1n) is 4.42. The van der Waals surface area contributed by atoms with E-state index in [0.29, 0.717) is 11.9 Å². The molecule has 0 amide bonds. The van der Waals surface area contributed by atoms with Gasteiger partial charge in [-0.15, -0.1) is 0 Å². The molecule has 1 heterocycles. The zero-order valence-corrected chi connectivity index (χ0v) is 7.83. The molecule has 1 atom stereocenters. The molecule has 0 saturated carbocycles. The molecule has 0 spiro atoms. The maximum absolute atomic E-state index is 5.55. The summed E-state index contributed by atoms with van der Waals surface area (Å²) in [6, 6.07) is 4.14. The average Bonchev–Trinajstić information content (AvgIpc) is 2.14. The van der Waals surface area contributed by atoms with Crippen molar-refractivity contribution in [3.05, 3.63) is 23.9 Å². The molecule has 0 bridgehead atoms. The molecular formula is C9H16N4. The second-order valence-electron chi connectivity index (χ2n) is 3.06. The topological polar surface area (TPSA) is 77.0 Å². The van der Waals surface area contributed by atoms with E-state index in [2.05, 4.69) is 17.3 Å². The third-order valence-electron chi connectivity index (χ3n) is 2.06. The Labute approximate surface area is 78.3 Å². The predicted octanol–water partition coefficient (Wildman–Crippen LogP) is 0.448. The van der Waals surface area contributed by atoms with Crippen molar-refractivity contribution in [2.24, 2.45) is 5.84 Å². The van der Waals surface area contributed by atoms with Crippen LogP contribution >= 0.6 is 0 Å². The van der Waals surface area contributed by atoms with Gasteiger partial charge in [-0.1, -0.05) is 6.92 Å². The van der Waals surface area contributed by atoms with Crippen molar-refractivity contribution in [1.29, 1.82) is 0 Å². The highest BCUT2D eigenvalue weighted by molar-refractivity contribution is 5.32. The summed E-state index contributed by atoms with van der Waals surface area (Å²) in [5.74, 6) is 5.93. The van der Waals surface area contributed by atoms with Crippen LogP contribution in [0.3, 0.4) is 0 Å². The number of hydrogen-bond donors (Lipinski definition) is 3. The Balaban J connectivity index is 2.62. The summed E-state index contributed by atoms with van der Waals surface area (Å²) in [6.45, 7) is 2.09. The highest BCUT2D eigenvalue weighted by atomic mass is 15.2. The molecule has 1 aromatic rings. The van der Waals surface area contributed by atoms with E-state index in [1.807, 2.05) is 12.1 Å². The fourth-order valence-electron chi connectivity index (χ4n) is 1.23. The summed E-state index contributed by atoms with van der Waals surface area (Å²) < 4.78 is 0. The van der Waals surface area contributed by atoms with Crippen LogP contribution in [0.1, 0.15) is 18.9 Å². The molecule has 0 aliphatic carbocycles. The molecule has 5 N–H and O–H groups in total. The minimum atomic E-state index is 0.307.